The third-order valence-corrected chi connectivity index (χ3v) is 4.39. The molecule has 25 heavy (non-hydrogen) atoms. The number of allylic oxidation sites excluding steroid dienone is 1. The molecule has 0 spiro atoms. The molecule has 0 aliphatic rings. The lowest BCUT2D eigenvalue weighted by Gasteiger charge is -2.08. The SMILES string of the molecule is CCC/C=C/c1ccc(OCc2ccc(CCCCCC)cc2)cc1. The van der Waals surface area contributed by atoms with Crippen molar-refractivity contribution in [2.24, 2.45) is 0 Å². The van der Waals surface area contributed by atoms with E-state index in [4.69, 9.17) is 4.74 Å². The molecule has 0 unspecified atom stereocenters. The monoisotopic (exact) mass is 336 g/mol. The minimum atomic E-state index is 0.626. The summed E-state index contributed by atoms with van der Waals surface area (Å²) in [5.74, 6) is 0.927. The van der Waals surface area contributed by atoms with Gasteiger partial charge in [-0.05, 0) is 48.1 Å². The van der Waals surface area contributed by atoms with Crippen molar-refractivity contribution < 1.29 is 4.74 Å². The van der Waals surface area contributed by atoms with Gasteiger partial charge in [0.25, 0.3) is 0 Å². The van der Waals surface area contributed by atoms with E-state index in [2.05, 4.69) is 62.4 Å². The molecule has 0 saturated carbocycles. The average molecular weight is 337 g/mol. The molecule has 0 radical (unpaired) electrons. The second kappa shape index (κ2) is 11.5. The lowest BCUT2D eigenvalue weighted by atomic mass is 10.0. The van der Waals surface area contributed by atoms with Crippen molar-refractivity contribution in [3.05, 3.63) is 71.3 Å². The van der Waals surface area contributed by atoms with Crippen LogP contribution in [0, 0.1) is 0 Å². The van der Waals surface area contributed by atoms with Crippen LogP contribution >= 0.6 is 0 Å². The molecule has 2 aromatic carbocycles. The Morgan fingerprint density at radius 3 is 2.16 bits per heavy atom. The van der Waals surface area contributed by atoms with Gasteiger partial charge in [0.05, 0.1) is 0 Å². The smallest absolute Gasteiger partial charge is 0.119 e. The molecule has 0 aromatic heterocycles. The standard InChI is InChI=1S/C24H32O/c1-3-5-7-9-11-21-12-14-23(15-13-21)20-25-24-18-16-22(17-19-24)10-8-6-4-2/h8,10,12-19H,3-7,9,11,20H2,1-2H3/b10-8+. The topological polar surface area (TPSA) is 9.23 Å². The van der Waals surface area contributed by atoms with E-state index in [1.165, 1.54) is 55.2 Å². The lowest BCUT2D eigenvalue weighted by molar-refractivity contribution is 0.306. The number of hydrogen-bond donors (Lipinski definition) is 0. The first-order chi connectivity index (χ1) is 12.3. The molecule has 1 nitrogen and oxygen atoms in total. The summed E-state index contributed by atoms with van der Waals surface area (Å²) in [6, 6.07) is 17.2. The Kier molecular flexibility index (Phi) is 8.90. The highest BCUT2D eigenvalue weighted by Crippen LogP contribution is 2.16. The molecule has 134 valence electrons. The van der Waals surface area contributed by atoms with Crippen LogP contribution in [0.1, 0.15) is 69.1 Å². The number of rotatable bonds is 11. The van der Waals surface area contributed by atoms with Crippen molar-refractivity contribution in [1.82, 2.24) is 0 Å². The van der Waals surface area contributed by atoms with E-state index in [0.29, 0.717) is 6.61 Å². The summed E-state index contributed by atoms with van der Waals surface area (Å²) < 4.78 is 5.90. The molecule has 0 fully saturated rings. The Bertz CT molecular complexity index is 608. The second-order valence-electron chi connectivity index (χ2n) is 6.68. The molecule has 0 amide bonds. The maximum Gasteiger partial charge on any atom is 0.119 e. The normalized spacial score (nSPS) is 11.1. The van der Waals surface area contributed by atoms with Gasteiger partial charge in [0.15, 0.2) is 0 Å². The van der Waals surface area contributed by atoms with E-state index in [0.717, 1.165) is 12.2 Å². The zero-order valence-corrected chi connectivity index (χ0v) is 15.8. The van der Waals surface area contributed by atoms with Gasteiger partial charge in [0.1, 0.15) is 12.4 Å². The van der Waals surface area contributed by atoms with E-state index in [9.17, 15) is 0 Å². The van der Waals surface area contributed by atoms with Crippen LogP contribution in [0.3, 0.4) is 0 Å². The number of hydrogen-bond acceptors (Lipinski definition) is 1. The molecule has 0 aliphatic carbocycles. The second-order valence-corrected chi connectivity index (χ2v) is 6.68. The van der Waals surface area contributed by atoms with Crippen LogP contribution in [0.25, 0.3) is 6.08 Å². The quantitative estimate of drug-likeness (QED) is 0.394. The van der Waals surface area contributed by atoms with Crippen LogP contribution in [0.5, 0.6) is 5.75 Å². The predicted octanol–water partition coefficient (Wildman–Crippen LogP) is 7.20. The molecule has 0 bridgehead atoms. The number of ether oxygens (including phenoxy) is 1. The van der Waals surface area contributed by atoms with Gasteiger partial charge in [0.2, 0.25) is 0 Å². The van der Waals surface area contributed by atoms with Crippen LogP contribution in [-0.4, -0.2) is 0 Å². The Balaban J connectivity index is 1.77. The number of unbranched alkanes of at least 4 members (excludes halogenated alkanes) is 4. The Morgan fingerprint density at radius 2 is 1.48 bits per heavy atom. The average Bonchev–Trinajstić information content (AvgIpc) is 2.66. The summed E-state index contributed by atoms with van der Waals surface area (Å²) in [6.45, 7) is 5.08. The van der Waals surface area contributed by atoms with Crippen molar-refractivity contribution in [2.45, 2.75) is 65.4 Å². The fourth-order valence-corrected chi connectivity index (χ4v) is 2.79. The summed E-state index contributed by atoms with van der Waals surface area (Å²) in [6.07, 6.45) is 13.2. The van der Waals surface area contributed by atoms with E-state index >= 15 is 0 Å². The maximum absolute atomic E-state index is 5.90. The van der Waals surface area contributed by atoms with Crippen LogP contribution < -0.4 is 4.74 Å². The summed E-state index contributed by atoms with van der Waals surface area (Å²) in [5.41, 5.74) is 3.89. The number of benzene rings is 2. The molecular formula is C24H32O. The van der Waals surface area contributed by atoms with Gasteiger partial charge in [-0.2, -0.15) is 0 Å². The molecule has 1 heteroatoms. The molecule has 0 atom stereocenters. The summed E-state index contributed by atoms with van der Waals surface area (Å²) in [7, 11) is 0. The molecule has 0 N–H and O–H groups in total. The van der Waals surface area contributed by atoms with E-state index < -0.39 is 0 Å². The van der Waals surface area contributed by atoms with Gasteiger partial charge in [0, 0.05) is 0 Å². The van der Waals surface area contributed by atoms with Crippen molar-refractivity contribution >= 4 is 6.08 Å². The first-order valence-corrected chi connectivity index (χ1v) is 9.79. The van der Waals surface area contributed by atoms with Gasteiger partial charge in [-0.25, -0.2) is 0 Å². The number of aryl methyl sites for hydroxylation is 1. The minimum Gasteiger partial charge on any atom is -0.489 e. The Morgan fingerprint density at radius 1 is 0.760 bits per heavy atom. The Labute approximate surface area is 153 Å². The van der Waals surface area contributed by atoms with Crippen LogP contribution in [0.4, 0.5) is 0 Å². The highest BCUT2D eigenvalue weighted by Gasteiger charge is 1.98. The fraction of sp³-hybridized carbons (Fsp3) is 0.417. The van der Waals surface area contributed by atoms with Crippen LogP contribution in [0.2, 0.25) is 0 Å². The van der Waals surface area contributed by atoms with Gasteiger partial charge >= 0.3 is 0 Å². The van der Waals surface area contributed by atoms with Crippen molar-refractivity contribution in [1.29, 1.82) is 0 Å². The highest BCUT2D eigenvalue weighted by atomic mass is 16.5. The van der Waals surface area contributed by atoms with Gasteiger partial charge in [-0.15, -0.1) is 0 Å². The molecule has 0 heterocycles. The van der Waals surface area contributed by atoms with Crippen molar-refractivity contribution in [2.75, 3.05) is 0 Å². The summed E-state index contributed by atoms with van der Waals surface area (Å²) in [5, 5.41) is 0. The van der Waals surface area contributed by atoms with Gasteiger partial charge in [-0.3, -0.25) is 0 Å². The molecule has 2 rings (SSSR count). The zero-order chi connectivity index (χ0) is 17.7. The third-order valence-electron chi connectivity index (χ3n) is 4.39. The van der Waals surface area contributed by atoms with Gasteiger partial charge in [-0.1, -0.05) is 88.1 Å². The van der Waals surface area contributed by atoms with Crippen LogP contribution in [0.15, 0.2) is 54.6 Å². The first-order valence-electron chi connectivity index (χ1n) is 9.79. The molecule has 0 saturated heterocycles. The van der Waals surface area contributed by atoms with Crippen molar-refractivity contribution in [3.63, 3.8) is 0 Å². The summed E-state index contributed by atoms with van der Waals surface area (Å²) >= 11 is 0. The highest BCUT2D eigenvalue weighted by molar-refractivity contribution is 5.50. The largest absolute Gasteiger partial charge is 0.489 e. The third kappa shape index (κ3) is 7.60. The summed E-state index contributed by atoms with van der Waals surface area (Å²) in [4.78, 5) is 0. The van der Waals surface area contributed by atoms with Crippen molar-refractivity contribution in [3.8, 4) is 5.75 Å². The minimum absolute atomic E-state index is 0.626. The lowest BCUT2D eigenvalue weighted by Crippen LogP contribution is -1.96. The first kappa shape index (κ1) is 19.3. The van der Waals surface area contributed by atoms with Gasteiger partial charge < -0.3 is 4.74 Å². The molecular weight excluding hydrogens is 304 g/mol. The van der Waals surface area contributed by atoms with Crippen LogP contribution in [-0.2, 0) is 13.0 Å². The van der Waals surface area contributed by atoms with E-state index in [1.54, 1.807) is 0 Å². The predicted molar refractivity (Wildman–Crippen MR) is 109 cm³/mol. The fourth-order valence-electron chi connectivity index (χ4n) is 2.79. The van der Waals surface area contributed by atoms with E-state index in [-0.39, 0.29) is 0 Å². The Hall–Kier alpha value is -2.02. The maximum atomic E-state index is 5.90. The zero-order valence-electron chi connectivity index (χ0n) is 15.8. The molecule has 2 aromatic rings. The molecule has 0 aliphatic heterocycles. The van der Waals surface area contributed by atoms with E-state index in [1.807, 2.05) is 12.1 Å².